The molecule has 1 aliphatic rings. The maximum Gasteiger partial charge on any atom is 0.0403 e. The van der Waals surface area contributed by atoms with E-state index in [0.717, 1.165) is 5.92 Å². The summed E-state index contributed by atoms with van der Waals surface area (Å²) in [6, 6.07) is 4.65. The molecule has 0 nitrogen and oxygen atoms in total. The van der Waals surface area contributed by atoms with Crippen LogP contribution in [0.4, 0.5) is 0 Å². The molecule has 106 valence electrons. The smallest absolute Gasteiger partial charge is 0.0403 e. The third kappa shape index (κ3) is 4.08. The number of benzene rings is 1. The Morgan fingerprint density at radius 3 is 2.05 bits per heavy atom. The van der Waals surface area contributed by atoms with E-state index in [2.05, 4.69) is 48.8 Å². The van der Waals surface area contributed by atoms with Gasteiger partial charge in [0.25, 0.3) is 0 Å². The highest BCUT2D eigenvalue weighted by molar-refractivity contribution is 9.09. The topological polar surface area (TPSA) is 0 Å². The third-order valence-electron chi connectivity index (χ3n) is 4.57. The molecule has 0 N–H and O–H groups in total. The number of aryl methyl sites for hydroxylation is 3. The molecule has 0 heterocycles. The first kappa shape index (κ1) is 15.1. The maximum atomic E-state index is 3.97. The molecule has 0 spiro atoms. The summed E-state index contributed by atoms with van der Waals surface area (Å²) < 4.78 is 0. The summed E-state index contributed by atoms with van der Waals surface area (Å²) in [6.07, 6.45) is 9.97. The molecule has 0 aliphatic heterocycles. The van der Waals surface area contributed by atoms with Crippen molar-refractivity contribution in [1.29, 1.82) is 0 Å². The van der Waals surface area contributed by atoms with E-state index in [4.69, 9.17) is 0 Å². The predicted molar refractivity (Wildman–Crippen MR) is 88.1 cm³/mol. The minimum atomic E-state index is 0.538. The number of hydrogen-bond acceptors (Lipinski definition) is 0. The van der Waals surface area contributed by atoms with Crippen molar-refractivity contribution in [2.24, 2.45) is 5.92 Å². The highest BCUT2D eigenvalue weighted by Crippen LogP contribution is 2.38. The van der Waals surface area contributed by atoms with Gasteiger partial charge in [-0.1, -0.05) is 72.2 Å². The van der Waals surface area contributed by atoms with E-state index < -0.39 is 0 Å². The molecule has 0 amide bonds. The van der Waals surface area contributed by atoms with Gasteiger partial charge in [-0.25, -0.2) is 0 Å². The lowest BCUT2D eigenvalue weighted by atomic mass is 9.89. The average Bonchev–Trinajstić information content (AvgIpc) is 2.56. The fourth-order valence-corrected chi connectivity index (χ4v) is 4.95. The van der Waals surface area contributed by atoms with Gasteiger partial charge in [0.2, 0.25) is 0 Å². The zero-order valence-electron chi connectivity index (χ0n) is 12.6. The van der Waals surface area contributed by atoms with Crippen molar-refractivity contribution < 1.29 is 0 Å². The van der Waals surface area contributed by atoms with Gasteiger partial charge in [0.15, 0.2) is 0 Å². The number of hydrogen-bond donors (Lipinski definition) is 0. The SMILES string of the molecule is Cc1cc(C)c(C(Br)CC2CCCCCC2)c(C)c1. The van der Waals surface area contributed by atoms with Crippen LogP contribution in [-0.4, -0.2) is 0 Å². The van der Waals surface area contributed by atoms with E-state index >= 15 is 0 Å². The van der Waals surface area contributed by atoms with Crippen molar-refractivity contribution >= 4 is 15.9 Å². The zero-order valence-corrected chi connectivity index (χ0v) is 14.2. The highest BCUT2D eigenvalue weighted by atomic mass is 79.9. The lowest BCUT2D eigenvalue weighted by Crippen LogP contribution is -2.06. The first-order valence-corrected chi connectivity index (χ1v) is 8.71. The third-order valence-corrected chi connectivity index (χ3v) is 5.40. The molecule has 1 aromatic rings. The molecule has 1 atom stereocenters. The van der Waals surface area contributed by atoms with Gasteiger partial charge in [-0.3, -0.25) is 0 Å². The van der Waals surface area contributed by atoms with E-state index in [0.29, 0.717) is 4.83 Å². The lowest BCUT2D eigenvalue weighted by molar-refractivity contribution is 0.426. The molecule has 2 rings (SSSR count). The molecule has 1 aliphatic carbocycles. The molecule has 19 heavy (non-hydrogen) atoms. The molecule has 0 bridgehead atoms. The second kappa shape index (κ2) is 6.92. The minimum absolute atomic E-state index is 0.538. The van der Waals surface area contributed by atoms with E-state index in [9.17, 15) is 0 Å². The zero-order chi connectivity index (χ0) is 13.8. The van der Waals surface area contributed by atoms with Crippen LogP contribution < -0.4 is 0 Å². The Labute approximate surface area is 127 Å². The van der Waals surface area contributed by atoms with Gasteiger partial charge in [-0.2, -0.15) is 0 Å². The van der Waals surface area contributed by atoms with Crippen molar-refractivity contribution in [3.8, 4) is 0 Å². The Morgan fingerprint density at radius 2 is 1.53 bits per heavy atom. The fourth-order valence-electron chi connectivity index (χ4n) is 3.70. The van der Waals surface area contributed by atoms with Crippen molar-refractivity contribution in [3.63, 3.8) is 0 Å². The summed E-state index contributed by atoms with van der Waals surface area (Å²) in [6.45, 7) is 6.71. The van der Waals surface area contributed by atoms with Crippen molar-refractivity contribution in [2.45, 2.75) is 70.5 Å². The summed E-state index contributed by atoms with van der Waals surface area (Å²) in [5.74, 6) is 0.923. The summed E-state index contributed by atoms with van der Waals surface area (Å²) in [5, 5.41) is 0. The molecular formula is C18H27Br. The molecule has 0 radical (unpaired) electrons. The molecule has 1 heteroatoms. The van der Waals surface area contributed by atoms with E-state index in [1.807, 2.05) is 0 Å². The largest absolute Gasteiger partial charge is 0.0838 e. The quantitative estimate of drug-likeness (QED) is 0.445. The molecule has 1 aromatic carbocycles. The first-order chi connectivity index (χ1) is 9.08. The number of rotatable bonds is 3. The van der Waals surface area contributed by atoms with Gasteiger partial charge in [0.1, 0.15) is 0 Å². The molecule has 1 fully saturated rings. The summed E-state index contributed by atoms with van der Waals surface area (Å²) in [5.41, 5.74) is 5.82. The van der Waals surface area contributed by atoms with Gasteiger partial charge in [0, 0.05) is 4.83 Å². The monoisotopic (exact) mass is 322 g/mol. The molecular weight excluding hydrogens is 296 g/mol. The van der Waals surface area contributed by atoms with Gasteiger partial charge in [-0.05, 0) is 49.8 Å². The normalized spacial score (nSPS) is 19.2. The van der Waals surface area contributed by atoms with Gasteiger partial charge >= 0.3 is 0 Å². The molecule has 1 saturated carbocycles. The molecule has 1 unspecified atom stereocenters. The van der Waals surface area contributed by atoms with Crippen LogP contribution in [0.25, 0.3) is 0 Å². The average molecular weight is 323 g/mol. The number of halogens is 1. The van der Waals surface area contributed by atoms with Crippen LogP contribution in [-0.2, 0) is 0 Å². The summed E-state index contributed by atoms with van der Waals surface area (Å²) in [4.78, 5) is 0.538. The van der Waals surface area contributed by atoms with Crippen LogP contribution in [0.5, 0.6) is 0 Å². The van der Waals surface area contributed by atoms with Crippen molar-refractivity contribution in [2.75, 3.05) is 0 Å². The second-order valence-electron chi connectivity index (χ2n) is 6.37. The minimum Gasteiger partial charge on any atom is -0.0838 e. The van der Waals surface area contributed by atoms with E-state index in [1.165, 1.54) is 67.2 Å². The van der Waals surface area contributed by atoms with Crippen LogP contribution in [0.3, 0.4) is 0 Å². The van der Waals surface area contributed by atoms with Crippen molar-refractivity contribution in [1.82, 2.24) is 0 Å². The predicted octanol–water partition coefficient (Wildman–Crippen LogP) is 6.41. The van der Waals surface area contributed by atoms with Crippen LogP contribution in [0.1, 0.15) is 72.0 Å². The van der Waals surface area contributed by atoms with E-state index in [-0.39, 0.29) is 0 Å². The highest BCUT2D eigenvalue weighted by Gasteiger charge is 2.20. The Balaban J connectivity index is 2.08. The fraction of sp³-hybridized carbons (Fsp3) is 0.667. The number of alkyl halides is 1. The second-order valence-corrected chi connectivity index (χ2v) is 7.48. The maximum absolute atomic E-state index is 3.97. The van der Waals surface area contributed by atoms with Crippen LogP contribution in [0, 0.1) is 26.7 Å². The van der Waals surface area contributed by atoms with Crippen LogP contribution in [0.15, 0.2) is 12.1 Å². The standard InChI is InChI=1S/C18H27Br/c1-13-10-14(2)18(15(3)11-13)17(19)12-16-8-6-4-5-7-9-16/h10-11,16-17H,4-9,12H2,1-3H3. The molecule has 0 aromatic heterocycles. The van der Waals surface area contributed by atoms with Gasteiger partial charge in [-0.15, -0.1) is 0 Å². The van der Waals surface area contributed by atoms with E-state index in [1.54, 1.807) is 0 Å². The summed E-state index contributed by atoms with van der Waals surface area (Å²) >= 11 is 3.97. The Kier molecular flexibility index (Phi) is 5.50. The molecule has 0 saturated heterocycles. The van der Waals surface area contributed by atoms with Gasteiger partial charge < -0.3 is 0 Å². The Hall–Kier alpha value is -0.300. The van der Waals surface area contributed by atoms with Crippen molar-refractivity contribution in [3.05, 3.63) is 34.4 Å². The van der Waals surface area contributed by atoms with Crippen LogP contribution in [0.2, 0.25) is 0 Å². The van der Waals surface area contributed by atoms with Crippen LogP contribution >= 0.6 is 15.9 Å². The first-order valence-electron chi connectivity index (χ1n) is 7.79. The Morgan fingerprint density at radius 1 is 1.00 bits per heavy atom. The summed E-state index contributed by atoms with van der Waals surface area (Å²) in [7, 11) is 0. The van der Waals surface area contributed by atoms with Gasteiger partial charge in [0.05, 0.1) is 0 Å². The Bertz CT molecular complexity index is 391. The lowest BCUT2D eigenvalue weighted by Gasteiger charge is -2.22.